The van der Waals surface area contributed by atoms with Gasteiger partial charge in [-0.05, 0) is 27.2 Å². The zero-order chi connectivity index (χ0) is 14.8. The van der Waals surface area contributed by atoms with Crippen LogP contribution >= 0.6 is 0 Å². The highest BCUT2D eigenvalue weighted by molar-refractivity contribution is 7.89. The lowest BCUT2D eigenvalue weighted by Gasteiger charge is -2.12. The Kier molecular flexibility index (Phi) is 4.54. The van der Waals surface area contributed by atoms with Gasteiger partial charge in [-0.25, -0.2) is 17.9 Å². The Hall–Kier alpha value is -1.60. The van der Waals surface area contributed by atoms with Crippen molar-refractivity contribution in [3.63, 3.8) is 0 Å². The topological polar surface area (TPSA) is 96.6 Å². The molecule has 1 aromatic heterocycles. The summed E-state index contributed by atoms with van der Waals surface area (Å²) >= 11 is 0. The number of hydrogen-bond acceptors (Lipinski definition) is 4. The third-order valence-corrected chi connectivity index (χ3v) is 4.31. The van der Waals surface area contributed by atoms with Crippen molar-refractivity contribution in [2.75, 3.05) is 0 Å². The molecule has 2 N–H and O–H groups in total. The Morgan fingerprint density at radius 2 is 2.05 bits per heavy atom. The molecule has 0 aromatic carbocycles. The zero-order valence-corrected chi connectivity index (χ0v) is 11.9. The minimum absolute atomic E-state index is 0.0632. The number of carboxylic acid groups (broad SMARTS) is 1. The fourth-order valence-corrected chi connectivity index (χ4v) is 3.52. The molecule has 0 bridgehead atoms. The molecule has 1 heterocycles. The number of aryl methyl sites for hydroxylation is 2. The number of hydrogen-bond donors (Lipinski definition) is 2. The minimum atomic E-state index is -3.94. The van der Waals surface area contributed by atoms with Crippen LogP contribution in [-0.4, -0.2) is 25.5 Å². The van der Waals surface area contributed by atoms with E-state index in [9.17, 15) is 13.2 Å². The second-order valence-electron chi connectivity index (χ2n) is 4.27. The Morgan fingerprint density at radius 3 is 2.53 bits per heavy atom. The second kappa shape index (κ2) is 5.58. The van der Waals surface area contributed by atoms with E-state index < -0.39 is 16.0 Å². The van der Waals surface area contributed by atoms with Gasteiger partial charge in [0.05, 0.1) is 0 Å². The summed E-state index contributed by atoms with van der Waals surface area (Å²) in [6.45, 7) is 8.03. The van der Waals surface area contributed by atoms with E-state index in [1.165, 1.54) is 13.8 Å². The first-order valence-electron chi connectivity index (χ1n) is 5.67. The van der Waals surface area contributed by atoms with Gasteiger partial charge in [0.2, 0.25) is 10.0 Å². The van der Waals surface area contributed by atoms with Crippen LogP contribution in [0.5, 0.6) is 0 Å². The van der Waals surface area contributed by atoms with E-state index in [0.717, 1.165) is 0 Å². The Bertz CT molecular complexity index is 600. The van der Waals surface area contributed by atoms with E-state index in [1.807, 2.05) is 0 Å². The smallest absolute Gasteiger partial charge is 0.340 e. The highest BCUT2D eigenvalue weighted by Gasteiger charge is 2.31. The summed E-state index contributed by atoms with van der Waals surface area (Å²) in [6.07, 6.45) is 2.02. The van der Waals surface area contributed by atoms with Crippen molar-refractivity contribution in [1.82, 2.24) is 4.72 Å². The van der Waals surface area contributed by atoms with Crippen LogP contribution in [0.25, 0.3) is 0 Å². The second-order valence-corrected chi connectivity index (χ2v) is 5.92. The highest BCUT2D eigenvalue weighted by atomic mass is 32.2. The van der Waals surface area contributed by atoms with E-state index in [0.29, 0.717) is 6.42 Å². The maximum Gasteiger partial charge on any atom is 0.340 e. The molecule has 106 valence electrons. The van der Waals surface area contributed by atoms with Gasteiger partial charge in [-0.2, -0.15) is 0 Å². The van der Waals surface area contributed by atoms with Gasteiger partial charge in [-0.15, -0.1) is 6.58 Å². The maximum atomic E-state index is 12.2. The summed E-state index contributed by atoms with van der Waals surface area (Å²) in [5.74, 6) is -1.19. The molecule has 0 fully saturated rings. The third kappa shape index (κ3) is 3.24. The summed E-state index contributed by atoms with van der Waals surface area (Å²) in [4.78, 5) is 10.8. The molecule has 0 saturated heterocycles. The van der Waals surface area contributed by atoms with Crippen molar-refractivity contribution in [2.45, 2.75) is 38.1 Å². The lowest BCUT2D eigenvalue weighted by atomic mass is 10.2. The van der Waals surface area contributed by atoms with E-state index in [-0.39, 0.29) is 28.0 Å². The summed E-state index contributed by atoms with van der Waals surface area (Å²) in [7, 11) is -3.94. The molecule has 0 aliphatic carbocycles. The van der Waals surface area contributed by atoms with Gasteiger partial charge in [0.1, 0.15) is 22.0 Å². The molecule has 19 heavy (non-hydrogen) atoms. The normalized spacial score (nSPS) is 13.2. The fraction of sp³-hybridized carbons (Fsp3) is 0.417. The number of furan rings is 1. The molecule has 1 rings (SSSR count). The van der Waals surface area contributed by atoms with Gasteiger partial charge in [0.15, 0.2) is 0 Å². The summed E-state index contributed by atoms with van der Waals surface area (Å²) in [5, 5.41) is 9.09. The molecule has 0 radical (unpaired) electrons. The molecule has 1 unspecified atom stereocenters. The molecule has 6 nitrogen and oxygen atoms in total. The number of carboxylic acids is 1. The van der Waals surface area contributed by atoms with E-state index in [1.54, 1.807) is 13.0 Å². The molecule has 1 atom stereocenters. The number of nitrogens with one attached hydrogen (secondary N) is 1. The first-order valence-corrected chi connectivity index (χ1v) is 7.15. The average molecular weight is 287 g/mol. The number of aromatic carboxylic acids is 1. The fourth-order valence-electron chi connectivity index (χ4n) is 1.86. The molecular formula is C12H17NO5S. The molecule has 0 aliphatic rings. The van der Waals surface area contributed by atoms with Gasteiger partial charge in [0, 0.05) is 6.04 Å². The monoisotopic (exact) mass is 287 g/mol. The van der Waals surface area contributed by atoms with Crippen LogP contribution in [0.1, 0.15) is 35.2 Å². The summed E-state index contributed by atoms with van der Waals surface area (Å²) in [5.41, 5.74) is -0.323. The molecule has 0 aliphatic heterocycles. The lowest BCUT2D eigenvalue weighted by Crippen LogP contribution is -2.33. The van der Waals surface area contributed by atoms with Gasteiger partial charge in [-0.1, -0.05) is 6.08 Å². The first-order chi connectivity index (χ1) is 8.70. The predicted molar refractivity (Wildman–Crippen MR) is 69.7 cm³/mol. The predicted octanol–water partition coefficient (Wildman–Crippen LogP) is 1.84. The SMILES string of the molecule is C=CCC(C)NS(=O)(=O)c1c(C)oc(C)c1C(=O)O. The van der Waals surface area contributed by atoms with Crippen molar-refractivity contribution < 1.29 is 22.7 Å². The zero-order valence-electron chi connectivity index (χ0n) is 11.1. The first kappa shape index (κ1) is 15.5. The Morgan fingerprint density at radius 1 is 1.47 bits per heavy atom. The van der Waals surface area contributed by atoms with Gasteiger partial charge >= 0.3 is 5.97 Å². The molecular weight excluding hydrogens is 270 g/mol. The van der Waals surface area contributed by atoms with Crippen LogP contribution in [0.2, 0.25) is 0 Å². The largest absolute Gasteiger partial charge is 0.478 e. The van der Waals surface area contributed by atoms with Crippen molar-refractivity contribution in [1.29, 1.82) is 0 Å². The van der Waals surface area contributed by atoms with Crippen molar-refractivity contribution in [3.8, 4) is 0 Å². The average Bonchev–Trinajstić information content (AvgIpc) is 2.53. The van der Waals surface area contributed by atoms with Crippen LogP contribution in [0.15, 0.2) is 22.0 Å². The van der Waals surface area contributed by atoms with Crippen molar-refractivity contribution in [3.05, 3.63) is 29.7 Å². The molecule has 1 aromatic rings. The molecule has 7 heteroatoms. The van der Waals surface area contributed by atoms with Crippen LogP contribution in [0, 0.1) is 13.8 Å². The van der Waals surface area contributed by atoms with Crippen molar-refractivity contribution in [2.24, 2.45) is 0 Å². The Balaban J connectivity index is 3.29. The summed E-state index contributed by atoms with van der Waals surface area (Å²) < 4.78 is 31.9. The lowest BCUT2D eigenvalue weighted by molar-refractivity contribution is 0.0691. The molecule has 0 spiro atoms. The number of carbonyl (C=O) groups is 1. The van der Waals surface area contributed by atoms with Crippen LogP contribution in [0.4, 0.5) is 0 Å². The van der Waals surface area contributed by atoms with Gasteiger partial charge < -0.3 is 9.52 Å². The number of sulfonamides is 1. The van der Waals surface area contributed by atoms with Crippen LogP contribution < -0.4 is 4.72 Å². The van der Waals surface area contributed by atoms with Crippen LogP contribution in [-0.2, 0) is 10.0 Å². The number of rotatable bonds is 6. The molecule has 0 amide bonds. The molecule has 0 saturated carbocycles. The van der Waals surface area contributed by atoms with E-state index in [2.05, 4.69) is 11.3 Å². The third-order valence-electron chi connectivity index (χ3n) is 2.56. The minimum Gasteiger partial charge on any atom is -0.478 e. The maximum absolute atomic E-state index is 12.2. The van der Waals surface area contributed by atoms with E-state index >= 15 is 0 Å². The standard InChI is InChI=1S/C12H17NO5S/c1-5-6-7(2)13-19(16,17)11-9(4)18-8(3)10(11)12(14)15/h5,7,13H,1,6H2,2-4H3,(H,14,15). The van der Waals surface area contributed by atoms with E-state index in [4.69, 9.17) is 9.52 Å². The van der Waals surface area contributed by atoms with Gasteiger partial charge in [-0.3, -0.25) is 0 Å². The highest BCUT2D eigenvalue weighted by Crippen LogP contribution is 2.26. The quantitative estimate of drug-likeness (QED) is 0.778. The summed E-state index contributed by atoms with van der Waals surface area (Å²) in [6, 6.07) is -0.376. The Labute approximate surface area is 112 Å². The van der Waals surface area contributed by atoms with Crippen molar-refractivity contribution >= 4 is 16.0 Å². The van der Waals surface area contributed by atoms with Crippen LogP contribution in [0.3, 0.4) is 0 Å². The van der Waals surface area contributed by atoms with Gasteiger partial charge in [0.25, 0.3) is 0 Å².